The summed E-state index contributed by atoms with van der Waals surface area (Å²) >= 11 is 0. The third kappa shape index (κ3) is 3.72. The standard InChI is InChI=1S/C20H18F2N8O/c1-9-4-5-12-11(7-27-30-12)14(9)16-15(23)17(18(24)31)29-20(28-16)10-3-2-6-25-19(10)26-8-13(21)22/h2-7,13H,8,23H2,1H3,(H2,24,31)(H,25,26)(H,27,30). The molecule has 9 nitrogen and oxygen atoms in total. The van der Waals surface area contributed by atoms with Gasteiger partial charge in [-0.1, -0.05) is 6.07 Å². The molecule has 0 saturated heterocycles. The molecule has 0 fully saturated rings. The highest BCUT2D eigenvalue weighted by atomic mass is 19.3. The SMILES string of the molecule is Cc1ccc2[nH]ncc2c1-c1nc(-c2cccnc2NCC(F)F)nc(C(N)=O)c1N. The maximum atomic E-state index is 12.7. The number of amides is 1. The van der Waals surface area contributed by atoms with Gasteiger partial charge >= 0.3 is 0 Å². The number of benzene rings is 1. The van der Waals surface area contributed by atoms with Gasteiger partial charge in [-0.05, 0) is 30.7 Å². The molecule has 0 spiro atoms. The maximum Gasteiger partial charge on any atom is 0.269 e. The van der Waals surface area contributed by atoms with Gasteiger partial charge in [0, 0.05) is 17.1 Å². The zero-order valence-electron chi connectivity index (χ0n) is 16.4. The Morgan fingerprint density at radius 3 is 2.81 bits per heavy atom. The van der Waals surface area contributed by atoms with Crippen molar-refractivity contribution in [2.45, 2.75) is 13.3 Å². The van der Waals surface area contributed by atoms with E-state index < -0.39 is 18.9 Å². The number of hydrogen-bond acceptors (Lipinski definition) is 7. The van der Waals surface area contributed by atoms with Crippen molar-refractivity contribution in [3.63, 3.8) is 0 Å². The maximum absolute atomic E-state index is 12.7. The number of pyridine rings is 1. The molecule has 4 aromatic rings. The Morgan fingerprint density at radius 1 is 1.26 bits per heavy atom. The molecule has 1 aromatic carbocycles. The molecule has 0 aliphatic carbocycles. The van der Waals surface area contributed by atoms with Gasteiger partial charge in [-0.3, -0.25) is 9.89 Å². The molecule has 6 N–H and O–H groups in total. The van der Waals surface area contributed by atoms with E-state index in [0.717, 1.165) is 16.5 Å². The number of anilines is 2. The minimum absolute atomic E-state index is 0.0130. The van der Waals surface area contributed by atoms with Gasteiger partial charge < -0.3 is 16.8 Å². The molecule has 0 atom stereocenters. The molecular formula is C20H18F2N8O. The number of nitrogens with one attached hydrogen (secondary N) is 2. The fraction of sp³-hybridized carbons (Fsp3) is 0.150. The molecule has 1 amide bonds. The Bertz CT molecular complexity index is 1290. The molecule has 3 aromatic heterocycles. The summed E-state index contributed by atoms with van der Waals surface area (Å²) in [5, 5.41) is 10.3. The number of nitrogens with zero attached hydrogens (tertiary/aromatic N) is 4. The van der Waals surface area contributed by atoms with Gasteiger partial charge in [0.25, 0.3) is 12.3 Å². The summed E-state index contributed by atoms with van der Waals surface area (Å²) in [6.07, 6.45) is 0.490. The zero-order chi connectivity index (χ0) is 22.1. The highest BCUT2D eigenvalue weighted by Gasteiger charge is 2.22. The van der Waals surface area contributed by atoms with Crippen molar-refractivity contribution in [2.75, 3.05) is 17.6 Å². The van der Waals surface area contributed by atoms with Crippen LogP contribution in [0.25, 0.3) is 33.5 Å². The van der Waals surface area contributed by atoms with E-state index >= 15 is 0 Å². The molecular weight excluding hydrogens is 406 g/mol. The molecule has 0 aliphatic heterocycles. The highest BCUT2D eigenvalue weighted by molar-refractivity contribution is 6.04. The van der Waals surface area contributed by atoms with Gasteiger partial charge in [0.1, 0.15) is 5.82 Å². The number of nitrogen functional groups attached to an aromatic ring is 1. The number of primary amides is 1. The summed E-state index contributed by atoms with van der Waals surface area (Å²) in [4.78, 5) is 25.0. The first-order valence-corrected chi connectivity index (χ1v) is 9.24. The molecule has 0 saturated carbocycles. The second kappa shape index (κ2) is 7.94. The topological polar surface area (TPSA) is 148 Å². The number of rotatable bonds is 6. The van der Waals surface area contributed by atoms with Crippen LogP contribution in [-0.4, -0.2) is 44.0 Å². The van der Waals surface area contributed by atoms with Gasteiger partial charge in [0.15, 0.2) is 11.5 Å². The molecule has 4 rings (SSSR count). The number of halogens is 2. The monoisotopic (exact) mass is 424 g/mol. The van der Waals surface area contributed by atoms with Gasteiger partial charge in [0.05, 0.1) is 35.2 Å². The lowest BCUT2D eigenvalue weighted by molar-refractivity contribution is 0.0996. The first-order valence-electron chi connectivity index (χ1n) is 9.24. The molecule has 0 bridgehead atoms. The van der Waals surface area contributed by atoms with Crippen LogP contribution < -0.4 is 16.8 Å². The van der Waals surface area contributed by atoms with Crippen molar-refractivity contribution < 1.29 is 13.6 Å². The largest absolute Gasteiger partial charge is 0.395 e. The molecule has 0 unspecified atom stereocenters. The quantitative estimate of drug-likeness (QED) is 0.372. The fourth-order valence-corrected chi connectivity index (χ4v) is 3.31. The number of hydrogen-bond donors (Lipinski definition) is 4. The smallest absolute Gasteiger partial charge is 0.269 e. The number of H-pyrrole nitrogens is 1. The van der Waals surface area contributed by atoms with Crippen LogP contribution in [0.5, 0.6) is 0 Å². The average molecular weight is 424 g/mol. The highest BCUT2D eigenvalue weighted by Crippen LogP contribution is 2.36. The summed E-state index contributed by atoms with van der Waals surface area (Å²) < 4.78 is 25.4. The minimum Gasteiger partial charge on any atom is -0.395 e. The third-order valence-corrected chi connectivity index (χ3v) is 4.72. The molecule has 0 radical (unpaired) electrons. The van der Waals surface area contributed by atoms with Gasteiger partial charge in [0.2, 0.25) is 0 Å². The van der Waals surface area contributed by atoms with Crippen LogP contribution in [0.2, 0.25) is 0 Å². The van der Waals surface area contributed by atoms with Gasteiger partial charge in [-0.2, -0.15) is 5.10 Å². The number of fused-ring (bicyclic) bond motifs is 1. The van der Waals surface area contributed by atoms with Crippen molar-refractivity contribution >= 4 is 28.3 Å². The van der Waals surface area contributed by atoms with Crippen molar-refractivity contribution in [1.29, 1.82) is 0 Å². The van der Waals surface area contributed by atoms with Gasteiger partial charge in [-0.25, -0.2) is 23.7 Å². The van der Waals surface area contributed by atoms with E-state index in [1.165, 1.54) is 6.20 Å². The van der Waals surface area contributed by atoms with E-state index in [1.807, 2.05) is 19.1 Å². The third-order valence-electron chi connectivity index (χ3n) is 4.72. The Hall–Kier alpha value is -4.15. The van der Waals surface area contributed by atoms with Crippen LogP contribution in [0.15, 0.2) is 36.7 Å². The lowest BCUT2D eigenvalue weighted by atomic mass is 9.99. The Kier molecular flexibility index (Phi) is 5.15. The van der Waals surface area contributed by atoms with Crippen LogP contribution in [0.3, 0.4) is 0 Å². The van der Waals surface area contributed by atoms with E-state index in [9.17, 15) is 13.6 Å². The van der Waals surface area contributed by atoms with E-state index in [1.54, 1.807) is 18.3 Å². The Balaban J connectivity index is 1.97. The van der Waals surface area contributed by atoms with Crippen molar-refractivity contribution in [1.82, 2.24) is 25.1 Å². The van der Waals surface area contributed by atoms with E-state index in [-0.39, 0.29) is 28.7 Å². The summed E-state index contributed by atoms with van der Waals surface area (Å²) in [6, 6.07) is 6.93. The molecule has 0 aliphatic rings. The molecule has 31 heavy (non-hydrogen) atoms. The number of aromatic nitrogens is 5. The fourth-order valence-electron chi connectivity index (χ4n) is 3.31. The van der Waals surface area contributed by atoms with Crippen molar-refractivity contribution in [3.05, 3.63) is 47.9 Å². The second-order valence-corrected chi connectivity index (χ2v) is 6.78. The second-order valence-electron chi connectivity index (χ2n) is 6.78. The predicted octanol–water partition coefficient (Wildman–Crippen LogP) is 2.75. The lowest BCUT2D eigenvalue weighted by Crippen LogP contribution is -2.18. The summed E-state index contributed by atoms with van der Waals surface area (Å²) in [5.41, 5.74) is 14.4. The predicted molar refractivity (Wildman–Crippen MR) is 113 cm³/mol. The number of nitrogens with two attached hydrogens (primary N) is 2. The molecule has 158 valence electrons. The normalized spacial score (nSPS) is 11.2. The summed E-state index contributed by atoms with van der Waals surface area (Å²) in [5.74, 6) is -0.625. The van der Waals surface area contributed by atoms with Crippen LogP contribution in [0.4, 0.5) is 20.3 Å². The lowest BCUT2D eigenvalue weighted by Gasteiger charge is -2.15. The summed E-state index contributed by atoms with van der Waals surface area (Å²) in [7, 11) is 0. The Labute approximate surface area is 174 Å². The van der Waals surface area contributed by atoms with Gasteiger partial charge in [-0.15, -0.1) is 0 Å². The first kappa shape index (κ1) is 20.1. The van der Waals surface area contributed by atoms with Crippen molar-refractivity contribution in [2.24, 2.45) is 5.73 Å². The number of alkyl halides is 2. The van der Waals surface area contributed by atoms with Crippen LogP contribution in [0.1, 0.15) is 16.1 Å². The number of aromatic amines is 1. The van der Waals surface area contributed by atoms with E-state index in [4.69, 9.17) is 11.5 Å². The number of carbonyl (C=O) groups is 1. The summed E-state index contributed by atoms with van der Waals surface area (Å²) in [6.45, 7) is 1.26. The number of carbonyl (C=O) groups excluding carboxylic acids is 1. The molecule has 3 heterocycles. The number of aryl methyl sites for hydroxylation is 1. The van der Waals surface area contributed by atoms with E-state index in [0.29, 0.717) is 11.1 Å². The first-order chi connectivity index (χ1) is 14.9. The Morgan fingerprint density at radius 2 is 2.06 bits per heavy atom. The van der Waals surface area contributed by atoms with E-state index in [2.05, 4.69) is 30.5 Å². The van der Waals surface area contributed by atoms with Crippen molar-refractivity contribution in [3.8, 4) is 22.6 Å². The molecule has 11 heteroatoms. The average Bonchev–Trinajstić information content (AvgIpc) is 3.21. The minimum atomic E-state index is -2.58. The van der Waals surface area contributed by atoms with Crippen LogP contribution >= 0.6 is 0 Å². The zero-order valence-corrected chi connectivity index (χ0v) is 16.4. The van der Waals surface area contributed by atoms with Crippen LogP contribution in [-0.2, 0) is 0 Å². The van der Waals surface area contributed by atoms with Crippen LogP contribution in [0, 0.1) is 6.92 Å².